The molecular weight excluding hydrogens is 268 g/mol. The number of nitriles is 2. The van der Waals surface area contributed by atoms with Crippen molar-refractivity contribution in [2.45, 2.75) is 0 Å². The van der Waals surface area contributed by atoms with Crippen LogP contribution >= 0.6 is 0 Å². The van der Waals surface area contributed by atoms with Gasteiger partial charge in [0.15, 0.2) is 11.4 Å². The number of rotatable bonds is 2. The van der Waals surface area contributed by atoms with Gasteiger partial charge in [0.1, 0.15) is 18.5 Å². The summed E-state index contributed by atoms with van der Waals surface area (Å²) < 4.78 is 1.43. The molecule has 1 aromatic carbocycles. The molecule has 1 amide bonds. The van der Waals surface area contributed by atoms with Gasteiger partial charge in [0.25, 0.3) is 5.91 Å². The molecular formula is C14H12N6O. The second-order valence-corrected chi connectivity index (χ2v) is 4.51. The minimum absolute atomic E-state index is 0.0327. The maximum absolute atomic E-state index is 11.9. The van der Waals surface area contributed by atoms with Crippen LogP contribution in [0, 0.1) is 22.7 Å². The molecule has 21 heavy (non-hydrogen) atoms. The van der Waals surface area contributed by atoms with Gasteiger partial charge in [-0.1, -0.05) is 0 Å². The average Bonchev–Trinajstić information content (AvgIpc) is 2.88. The number of hydrogen-bond donors (Lipinski definition) is 1. The molecule has 1 aromatic heterocycles. The molecule has 0 saturated heterocycles. The number of nitrogens with zero attached hydrogens (tertiary/aromatic N) is 5. The summed E-state index contributed by atoms with van der Waals surface area (Å²) in [5.74, 6) is -0.169. The maximum atomic E-state index is 11.9. The van der Waals surface area contributed by atoms with Gasteiger partial charge in [0.2, 0.25) is 0 Å². The zero-order valence-electron chi connectivity index (χ0n) is 11.5. The first kappa shape index (κ1) is 14.1. The summed E-state index contributed by atoms with van der Waals surface area (Å²) in [6.07, 6.45) is 1.36. The van der Waals surface area contributed by atoms with Crippen molar-refractivity contribution in [1.82, 2.24) is 14.5 Å². The van der Waals surface area contributed by atoms with Crippen molar-refractivity contribution in [3.8, 4) is 17.8 Å². The number of nitrogens with two attached hydrogens (primary N) is 1. The Bertz CT molecular complexity index is 791. The molecule has 1 heterocycles. The number of hydrogen-bond acceptors (Lipinski definition) is 5. The third-order valence-electron chi connectivity index (χ3n) is 2.92. The van der Waals surface area contributed by atoms with Crippen LogP contribution < -0.4 is 5.73 Å². The van der Waals surface area contributed by atoms with Crippen molar-refractivity contribution < 1.29 is 4.79 Å². The standard InChI is InChI=1S/C14H12N6O/c1-19(2)14(21)9-3-4-12(10(17)5-9)20-8-18-11(6-15)13(20)7-16/h3-5,8H,17H2,1-2H3. The molecule has 0 saturated carbocycles. The molecule has 0 radical (unpaired) electrons. The quantitative estimate of drug-likeness (QED) is 0.821. The number of anilines is 1. The number of imidazole rings is 1. The molecule has 0 spiro atoms. The Morgan fingerprint density at radius 2 is 2.05 bits per heavy atom. The summed E-state index contributed by atoms with van der Waals surface area (Å²) in [5.41, 5.74) is 7.36. The maximum Gasteiger partial charge on any atom is 0.253 e. The first-order valence-electron chi connectivity index (χ1n) is 5.98. The number of carbonyl (C=O) groups is 1. The van der Waals surface area contributed by atoms with E-state index < -0.39 is 0 Å². The molecule has 2 aromatic rings. The van der Waals surface area contributed by atoms with Crippen LogP contribution in [0.3, 0.4) is 0 Å². The van der Waals surface area contributed by atoms with Gasteiger partial charge in [0, 0.05) is 19.7 Å². The van der Waals surface area contributed by atoms with Gasteiger partial charge < -0.3 is 10.6 Å². The van der Waals surface area contributed by atoms with Crippen LogP contribution in [0.2, 0.25) is 0 Å². The van der Waals surface area contributed by atoms with Crippen molar-refractivity contribution in [3.05, 3.63) is 41.5 Å². The van der Waals surface area contributed by atoms with Gasteiger partial charge in [-0.3, -0.25) is 9.36 Å². The smallest absolute Gasteiger partial charge is 0.253 e. The Labute approximate surface area is 121 Å². The van der Waals surface area contributed by atoms with Crippen LogP contribution in [0.15, 0.2) is 24.5 Å². The largest absolute Gasteiger partial charge is 0.397 e. The van der Waals surface area contributed by atoms with E-state index in [2.05, 4.69) is 4.98 Å². The highest BCUT2D eigenvalue weighted by Gasteiger charge is 2.15. The molecule has 0 fully saturated rings. The van der Waals surface area contributed by atoms with Gasteiger partial charge >= 0.3 is 0 Å². The number of carbonyl (C=O) groups excluding carboxylic acids is 1. The third-order valence-corrected chi connectivity index (χ3v) is 2.92. The van der Waals surface area contributed by atoms with Crippen LogP contribution in [0.25, 0.3) is 5.69 Å². The molecule has 7 heteroatoms. The van der Waals surface area contributed by atoms with Gasteiger partial charge in [-0.25, -0.2) is 4.98 Å². The summed E-state index contributed by atoms with van der Waals surface area (Å²) >= 11 is 0. The van der Waals surface area contributed by atoms with E-state index in [1.54, 1.807) is 26.2 Å². The first-order valence-corrected chi connectivity index (χ1v) is 5.98. The molecule has 104 valence electrons. The minimum atomic E-state index is -0.169. The first-order chi connectivity index (χ1) is 9.99. The third kappa shape index (κ3) is 2.40. The van der Waals surface area contributed by atoms with E-state index in [4.69, 9.17) is 16.3 Å². The van der Waals surface area contributed by atoms with Gasteiger partial charge in [-0.05, 0) is 18.2 Å². The van der Waals surface area contributed by atoms with Crippen LogP contribution in [0.5, 0.6) is 0 Å². The fourth-order valence-corrected chi connectivity index (χ4v) is 1.88. The summed E-state index contributed by atoms with van der Waals surface area (Å²) in [7, 11) is 3.30. The van der Waals surface area contributed by atoms with Gasteiger partial charge in [-0.2, -0.15) is 10.5 Å². The Morgan fingerprint density at radius 1 is 1.33 bits per heavy atom. The van der Waals surface area contributed by atoms with E-state index in [0.717, 1.165) is 0 Å². The Hall–Kier alpha value is -3.32. The Kier molecular flexibility index (Phi) is 3.59. The summed E-state index contributed by atoms with van der Waals surface area (Å²) in [6.45, 7) is 0. The van der Waals surface area contributed by atoms with E-state index in [0.29, 0.717) is 16.9 Å². The molecule has 0 aliphatic heterocycles. The molecule has 0 aliphatic carbocycles. The van der Waals surface area contributed by atoms with Crippen LogP contribution in [0.4, 0.5) is 5.69 Å². The second-order valence-electron chi connectivity index (χ2n) is 4.51. The lowest BCUT2D eigenvalue weighted by Gasteiger charge is -2.13. The topological polar surface area (TPSA) is 112 Å². The number of nitrogen functional groups attached to an aromatic ring is 1. The highest BCUT2D eigenvalue weighted by atomic mass is 16.2. The lowest BCUT2D eigenvalue weighted by atomic mass is 10.1. The second kappa shape index (κ2) is 5.35. The van der Waals surface area contributed by atoms with Crippen molar-refractivity contribution in [2.24, 2.45) is 0 Å². The lowest BCUT2D eigenvalue weighted by Crippen LogP contribution is -2.21. The van der Waals surface area contributed by atoms with Crippen LogP contribution in [0.1, 0.15) is 21.7 Å². The molecule has 7 nitrogen and oxygen atoms in total. The van der Waals surface area contributed by atoms with E-state index in [1.165, 1.54) is 21.9 Å². The average molecular weight is 280 g/mol. The fourth-order valence-electron chi connectivity index (χ4n) is 1.88. The normalized spacial score (nSPS) is 9.71. The number of benzene rings is 1. The molecule has 0 unspecified atom stereocenters. The molecule has 2 N–H and O–H groups in total. The van der Waals surface area contributed by atoms with E-state index in [1.807, 2.05) is 12.1 Å². The molecule has 0 atom stereocenters. The number of amides is 1. The van der Waals surface area contributed by atoms with Crippen LogP contribution in [-0.4, -0.2) is 34.5 Å². The van der Waals surface area contributed by atoms with E-state index >= 15 is 0 Å². The van der Waals surface area contributed by atoms with Crippen LogP contribution in [-0.2, 0) is 0 Å². The zero-order chi connectivity index (χ0) is 15.6. The van der Waals surface area contributed by atoms with Crippen molar-refractivity contribution >= 4 is 11.6 Å². The lowest BCUT2D eigenvalue weighted by molar-refractivity contribution is 0.0827. The zero-order valence-corrected chi connectivity index (χ0v) is 11.5. The van der Waals surface area contributed by atoms with Gasteiger partial charge in [0.05, 0.1) is 11.4 Å². The Morgan fingerprint density at radius 3 is 2.57 bits per heavy atom. The summed E-state index contributed by atoms with van der Waals surface area (Å²) in [4.78, 5) is 17.2. The Balaban J connectivity index is 2.53. The van der Waals surface area contributed by atoms with Crippen molar-refractivity contribution in [2.75, 3.05) is 19.8 Å². The van der Waals surface area contributed by atoms with E-state index in [-0.39, 0.29) is 17.3 Å². The summed E-state index contributed by atoms with van der Waals surface area (Å²) in [6, 6.07) is 8.53. The highest BCUT2D eigenvalue weighted by Crippen LogP contribution is 2.22. The van der Waals surface area contributed by atoms with Crippen molar-refractivity contribution in [1.29, 1.82) is 10.5 Å². The SMILES string of the molecule is CN(C)C(=O)c1ccc(-n2cnc(C#N)c2C#N)c(N)c1. The fraction of sp³-hybridized carbons (Fsp3) is 0.143. The van der Waals surface area contributed by atoms with E-state index in [9.17, 15) is 4.79 Å². The predicted molar refractivity (Wildman–Crippen MR) is 75.4 cm³/mol. The molecule has 0 bridgehead atoms. The highest BCUT2D eigenvalue weighted by molar-refractivity contribution is 5.95. The summed E-state index contributed by atoms with van der Waals surface area (Å²) in [5, 5.41) is 18.0. The molecule has 2 rings (SSSR count). The monoisotopic (exact) mass is 280 g/mol. The minimum Gasteiger partial charge on any atom is -0.397 e. The predicted octanol–water partition coefficient (Wildman–Crippen LogP) is 0.900. The molecule has 0 aliphatic rings. The van der Waals surface area contributed by atoms with Gasteiger partial charge in [-0.15, -0.1) is 0 Å². The van der Waals surface area contributed by atoms with Crippen molar-refractivity contribution in [3.63, 3.8) is 0 Å². The number of aromatic nitrogens is 2.